The Morgan fingerprint density at radius 1 is 1.50 bits per heavy atom. The Morgan fingerprint density at radius 3 is 2.62 bits per heavy atom. The second-order valence-electron chi connectivity index (χ2n) is 6.05. The maximum atomic E-state index is 10.5. The van der Waals surface area contributed by atoms with Gasteiger partial charge in [-0.3, -0.25) is 0 Å². The third-order valence-electron chi connectivity index (χ3n) is 4.13. The smallest absolute Gasteiger partial charge is 0.0799 e. The highest BCUT2D eigenvalue weighted by Gasteiger charge is 2.39. The predicted molar refractivity (Wildman–Crippen MR) is 66.3 cm³/mol. The van der Waals surface area contributed by atoms with Crippen molar-refractivity contribution in [2.24, 2.45) is 11.7 Å². The largest absolute Gasteiger partial charge is 0.388 e. The van der Waals surface area contributed by atoms with Crippen molar-refractivity contribution in [2.75, 3.05) is 7.11 Å². The Bertz CT molecular complexity index is 230. The first-order valence-electron chi connectivity index (χ1n) is 6.32. The maximum absolute atomic E-state index is 10.5. The van der Waals surface area contributed by atoms with Crippen molar-refractivity contribution in [2.45, 2.75) is 70.1 Å². The van der Waals surface area contributed by atoms with Crippen LogP contribution in [-0.4, -0.2) is 29.5 Å². The summed E-state index contributed by atoms with van der Waals surface area (Å²) in [5.74, 6) is 0.644. The minimum Gasteiger partial charge on any atom is -0.388 e. The van der Waals surface area contributed by atoms with Crippen molar-refractivity contribution < 1.29 is 9.84 Å². The number of rotatable bonds is 4. The van der Waals surface area contributed by atoms with E-state index in [0.29, 0.717) is 5.92 Å². The van der Waals surface area contributed by atoms with Crippen LogP contribution in [0.2, 0.25) is 0 Å². The molecule has 0 saturated heterocycles. The van der Waals surface area contributed by atoms with Crippen LogP contribution in [0.3, 0.4) is 0 Å². The van der Waals surface area contributed by atoms with Gasteiger partial charge < -0.3 is 15.6 Å². The maximum Gasteiger partial charge on any atom is 0.0799 e. The van der Waals surface area contributed by atoms with Gasteiger partial charge in [-0.15, -0.1) is 0 Å². The van der Waals surface area contributed by atoms with E-state index in [4.69, 9.17) is 10.5 Å². The van der Waals surface area contributed by atoms with Gasteiger partial charge in [0.2, 0.25) is 0 Å². The van der Waals surface area contributed by atoms with E-state index in [1.54, 1.807) is 7.11 Å². The van der Waals surface area contributed by atoms with E-state index >= 15 is 0 Å². The van der Waals surface area contributed by atoms with Crippen LogP contribution in [0.1, 0.15) is 52.9 Å². The standard InChI is InChI=1S/C13H27NO2/c1-10-5-6-13(15,11(14)9-10)8-7-12(2,3)16-4/h10-11,15H,5-9,14H2,1-4H3. The molecule has 0 aromatic rings. The number of ether oxygens (including phenoxy) is 1. The highest BCUT2D eigenvalue weighted by atomic mass is 16.5. The minimum atomic E-state index is -0.678. The second kappa shape index (κ2) is 5.03. The fourth-order valence-electron chi connectivity index (χ4n) is 2.38. The molecule has 0 aromatic heterocycles. The van der Waals surface area contributed by atoms with E-state index in [-0.39, 0.29) is 11.6 Å². The zero-order chi connectivity index (χ0) is 12.4. The molecule has 16 heavy (non-hydrogen) atoms. The van der Waals surface area contributed by atoms with Gasteiger partial charge in [-0.2, -0.15) is 0 Å². The molecule has 3 unspecified atom stereocenters. The number of hydrogen-bond acceptors (Lipinski definition) is 3. The fourth-order valence-corrected chi connectivity index (χ4v) is 2.38. The van der Waals surface area contributed by atoms with Crippen molar-refractivity contribution in [1.29, 1.82) is 0 Å². The summed E-state index contributed by atoms with van der Waals surface area (Å²) in [4.78, 5) is 0. The molecule has 3 N–H and O–H groups in total. The first-order valence-corrected chi connectivity index (χ1v) is 6.32. The number of hydrogen-bond donors (Lipinski definition) is 2. The third kappa shape index (κ3) is 3.44. The lowest BCUT2D eigenvalue weighted by atomic mass is 9.73. The molecule has 1 fully saturated rings. The average molecular weight is 229 g/mol. The zero-order valence-corrected chi connectivity index (χ0v) is 11.1. The minimum absolute atomic E-state index is 0.0797. The van der Waals surface area contributed by atoms with Crippen LogP contribution in [0.25, 0.3) is 0 Å². The van der Waals surface area contributed by atoms with Crippen molar-refractivity contribution in [3.05, 3.63) is 0 Å². The van der Waals surface area contributed by atoms with Gasteiger partial charge in [-0.1, -0.05) is 6.92 Å². The molecule has 3 heteroatoms. The van der Waals surface area contributed by atoms with Crippen LogP contribution in [0.4, 0.5) is 0 Å². The van der Waals surface area contributed by atoms with Gasteiger partial charge >= 0.3 is 0 Å². The van der Waals surface area contributed by atoms with Gasteiger partial charge in [0.15, 0.2) is 0 Å². The summed E-state index contributed by atoms with van der Waals surface area (Å²) in [7, 11) is 1.72. The molecule has 1 aliphatic carbocycles. The van der Waals surface area contributed by atoms with Crippen molar-refractivity contribution in [1.82, 2.24) is 0 Å². The van der Waals surface area contributed by atoms with Crippen molar-refractivity contribution in [3.8, 4) is 0 Å². The van der Waals surface area contributed by atoms with E-state index in [9.17, 15) is 5.11 Å². The summed E-state index contributed by atoms with van der Waals surface area (Å²) in [5, 5.41) is 10.5. The molecule has 0 aliphatic heterocycles. The summed E-state index contributed by atoms with van der Waals surface area (Å²) < 4.78 is 5.38. The SMILES string of the molecule is COC(C)(C)CCC1(O)CCC(C)CC1N. The Morgan fingerprint density at radius 2 is 2.12 bits per heavy atom. The van der Waals surface area contributed by atoms with Crippen molar-refractivity contribution >= 4 is 0 Å². The molecule has 3 nitrogen and oxygen atoms in total. The Kier molecular flexibility index (Phi) is 4.38. The van der Waals surface area contributed by atoms with Gasteiger partial charge in [0.1, 0.15) is 0 Å². The number of methoxy groups -OCH3 is 1. The predicted octanol–water partition coefficient (Wildman–Crippen LogP) is 2.07. The quantitative estimate of drug-likeness (QED) is 0.776. The lowest BCUT2D eigenvalue weighted by molar-refractivity contribution is -0.0596. The lowest BCUT2D eigenvalue weighted by Crippen LogP contribution is -2.52. The summed E-state index contributed by atoms with van der Waals surface area (Å²) in [5.41, 5.74) is 5.24. The molecule has 0 aromatic carbocycles. The van der Waals surface area contributed by atoms with E-state index < -0.39 is 5.60 Å². The molecule has 0 bridgehead atoms. The molecule has 0 radical (unpaired) electrons. The Balaban J connectivity index is 2.51. The van der Waals surface area contributed by atoms with Crippen LogP contribution >= 0.6 is 0 Å². The van der Waals surface area contributed by atoms with Crippen LogP contribution in [-0.2, 0) is 4.74 Å². The lowest BCUT2D eigenvalue weighted by Gasteiger charge is -2.41. The van der Waals surface area contributed by atoms with Crippen LogP contribution in [0.15, 0.2) is 0 Å². The normalized spacial score (nSPS) is 36.4. The van der Waals surface area contributed by atoms with Crippen LogP contribution in [0, 0.1) is 5.92 Å². The highest BCUT2D eigenvalue weighted by Crippen LogP contribution is 2.35. The number of nitrogens with two attached hydrogens (primary N) is 1. The summed E-state index contributed by atoms with van der Waals surface area (Å²) in [6, 6.07) is -0.0797. The first-order chi connectivity index (χ1) is 7.29. The van der Waals surface area contributed by atoms with E-state index in [1.165, 1.54) is 0 Å². The molecule has 0 amide bonds. The topological polar surface area (TPSA) is 55.5 Å². The molecule has 0 spiro atoms. The summed E-state index contributed by atoms with van der Waals surface area (Å²) in [6.45, 7) is 6.30. The zero-order valence-electron chi connectivity index (χ0n) is 11.1. The van der Waals surface area contributed by atoms with Gasteiger partial charge in [-0.25, -0.2) is 0 Å². The molecular weight excluding hydrogens is 202 g/mol. The van der Waals surface area contributed by atoms with E-state index in [0.717, 1.165) is 32.1 Å². The molecule has 3 atom stereocenters. The monoisotopic (exact) mass is 229 g/mol. The van der Waals surface area contributed by atoms with Crippen LogP contribution < -0.4 is 5.73 Å². The molecular formula is C13H27NO2. The fraction of sp³-hybridized carbons (Fsp3) is 1.00. The van der Waals surface area contributed by atoms with Gasteiger partial charge in [0, 0.05) is 13.2 Å². The summed E-state index contributed by atoms with van der Waals surface area (Å²) >= 11 is 0. The molecule has 96 valence electrons. The van der Waals surface area contributed by atoms with Gasteiger partial charge in [0.25, 0.3) is 0 Å². The third-order valence-corrected chi connectivity index (χ3v) is 4.13. The Hall–Kier alpha value is -0.120. The molecule has 1 rings (SSSR count). The Labute approximate surface area is 99.4 Å². The molecule has 0 heterocycles. The van der Waals surface area contributed by atoms with Gasteiger partial charge in [0.05, 0.1) is 11.2 Å². The second-order valence-corrected chi connectivity index (χ2v) is 6.05. The first kappa shape index (κ1) is 13.9. The van der Waals surface area contributed by atoms with Crippen molar-refractivity contribution in [3.63, 3.8) is 0 Å². The highest BCUT2D eigenvalue weighted by molar-refractivity contribution is 4.95. The average Bonchev–Trinajstić information content (AvgIpc) is 2.22. The molecule has 1 aliphatic rings. The molecule has 1 saturated carbocycles. The number of aliphatic hydroxyl groups is 1. The summed E-state index contributed by atoms with van der Waals surface area (Å²) in [6.07, 6.45) is 4.43. The van der Waals surface area contributed by atoms with Gasteiger partial charge in [-0.05, 0) is 51.9 Å². The van der Waals surface area contributed by atoms with E-state index in [1.807, 2.05) is 13.8 Å². The van der Waals surface area contributed by atoms with Crippen LogP contribution in [0.5, 0.6) is 0 Å². The van der Waals surface area contributed by atoms with E-state index in [2.05, 4.69) is 6.92 Å².